The zero-order valence-electron chi connectivity index (χ0n) is 10.6. The number of nitrogens with two attached hydrogens (primary N) is 1. The fourth-order valence-corrected chi connectivity index (χ4v) is 1.73. The summed E-state index contributed by atoms with van der Waals surface area (Å²) >= 11 is 0. The van der Waals surface area contributed by atoms with E-state index in [-0.39, 0.29) is 6.04 Å². The SMILES string of the molecule is CCn1cc(C(N)CCOc2ccccc2)cn1. The summed E-state index contributed by atoms with van der Waals surface area (Å²) in [6.07, 6.45) is 4.61. The molecule has 2 N–H and O–H groups in total. The highest BCUT2D eigenvalue weighted by molar-refractivity contribution is 5.20. The average Bonchev–Trinajstić information content (AvgIpc) is 2.89. The van der Waals surface area contributed by atoms with Crippen LogP contribution in [-0.2, 0) is 6.54 Å². The van der Waals surface area contributed by atoms with Gasteiger partial charge in [0.05, 0.1) is 12.8 Å². The Labute approximate surface area is 107 Å². The highest BCUT2D eigenvalue weighted by Gasteiger charge is 2.08. The Morgan fingerprint density at radius 1 is 1.33 bits per heavy atom. The van der Waals surface area contributed by atoms with Crippen molar-refractivity contribution in [3.8, 4) is 5.75 Å². The zero-order valence-corrected chi connectivity index (χ0v) is 10.6. The van der Waals surface area contributed by atoms with E-state index < -0.39 is 0 Å². The van der Waals surface area contributed by atoms with Crippen LogP contribution in [0.5, 0.6) is 5.75 Å². The second-order valence-corrected chi connectivity index (χ2v) is 4.19. The molecule has 96 valence electrons. The quantitative estimate of drug-likeness (QED) is 0.850. The Morgan fingerprint density at radius 2 is 2.11 bits per heavy atom. The fourth-order valence-electron chi connectivity index (χ4n) is 1.73. The van der Waals surface area contributed by atoms with Crippen molar-refractivity contribution in [2.24, 2.45) is 5.73 Å². The third kappa shape index (κ3) is 3.34. The molecule has 0 saturated heterocycles. The number of ether oxygens (including phenoxy) is 1. The summed E-state index contributed by atoms with van der Waals surface area (Å²) in [5.41, 5.74) is 7.16. The minimum absolute atomic E-state index is 0.0194. The molecule has 1 atom stereocenters. The molecule has 1 unspecified atom stereocenters. The third-order valence-corrected chi connectivity index (χ3v) is 2.85. The molecule has 1 aromatic heterocycles. The summed E-state index contributed by atoms with van der Waals surface area (Å²) in [5.74, 6) is 0.883. The van der Waals surface area contributed by atoms with Gasteiger partial charge in [-0.3, -0.25) is 4.68 Å². The van der Waals surface area contributed by atoms with Gasteiger partial charge in [-0.05, 0) is 19.1 Å². The molecule has 4 nitrogen and oxygen atoms in total. The molecule has 1 aromatic carbocycles. The number of hydrogen-bond acceptors (Lipinski definition) is 3. The summed E-state index contributed by atoms with van der Waals surface area (Å²) in [5, 5.41) is 4.22. The first-order valence-electron chi connectivity index (χ1n) is 6.25. The van der Waals surface area contributed by atoms with Crippen LogP contribution in [0, 0.1) is 0 Å². The van der Waals surface area contributed by atoms with Gasteiger partial charge in [-0.15, -0.1) is 0 Å². The standard InChI is InChI=1S/C14H19N3O/c1-2-17-11-12(10-16-17)14(15)8-9-18-13-6-4-3-5-7-13/h3-7,10-11,14H,2,8-9,15H2,1H3. The summed E-state index contributed by atoms with van der Waals surface area (Å²) in [4.78, 5) is 0. The van der Waals surface area contributed by atoms with E-state index in [1.807, 2.05) is 47.4 Å². The highest BCUT2D eigenvalue weighted by atomic mass is 16.5. The summed E-state index contributed by atoms with van der Waals surface area (Å²) in [7, 11) is 0. The van der Waals surface area contributed by atoms with Crippen LogP contribution in [-0.4, -0.2) is 16.4 Å². The Balaban J connectivity index is 1.79. The van der Waals surface area contributed by atoms with E-state index in [1.165, 1.54) is 0 Å². The Bertz CT molecular complexity index is 467. The summed E-state index contributed by atoms with van der Waals surface area (Å²) < 4.78 is 7.51. The molecule has 1 heterocycles. The van der Waals surface area contributed by atoms with E-state index in [0.717, 1.165) is 24.3 Å². The number of rotatable bonds is 6. The van der Waals surface area contributed by atoms with Gasteiger partial charge < -0.3 is 10.5 Å². The molecular weight excluding hydrogens is 226 g/mol. The molecule has 0 spiro atoms. The van der Waals surface area contributed by atoms with Gasteiger partial charge in [-0.1, -0.05) is 18.2 Å². The van der Waals surface area contributed by atoms with Gasteiger partial charge >= 0.3 is 0 Å². The monoisotopic (exact) mass is 245 g/mol. The van der Waals surface area contributed by atoms with Gasteiger partial charge in [0.2, 0.25) is 0 Å². The normalized spacial score (nSPS) is 12.3. The van der Waals surface area contributed by atoms with Crippen LogP contribution in [0.3, 0.4) is 0 Å². The van der Waals surface area contributed by atoms with Crippen molar-refractivity contribution in [2.75, 3.05) is 6.61 Å². The van der Waals surface area contributed by atoms with Crippen molar-refractivity contribution >= 4 is 0 Å². The number of aromatic nitrogens is 2. The minimum Gasteiger partial charge on any atom is -0.494 e. The van der Waals surface area contributed by atoms with Crippen LogP contribution in [0.2, 0.25) is 0 Å². The minimum atomic E-state index is -0.0194. The van der Waals surface area contributed by atoms with Gasteiger partial charge in [-0.2, -0.15) is 5.10 Å². The molecule has 0 amide bonds. The largest absolute Gasteiger partial charge is 0.494 e. The van der Waals surface area contributed by atoms with Crippen LogP contribution in [0.25, 0.3) is 0 Å². The first kappa shape index (κ1) is 12.6. The average molecular weight is 245 g/mol. The van der Waals surface area contributed by atoms with Crippen LogP contribution in [0.15, 0.2) is 42.7 Å². The van der Waals surface area contributed by atoms with Crippen LogP contribution >= 0.6 is 0 Å². The molecule has 18 heavy (non-hydrogen) atoms. The molecule has 2 rings (SSSR count). The molecular formula is C14H19N3O. The molecule has 0 fully saturated rings. The Hall–Kier alpha value is -1.81. The highest BCUT2D eigenvalue weighted by Crippen LogP contribution is 2.15. The number of benzene rings is 1. The first-order valence-corrected chi connectivity index (χ1v) is 6.25. The van der Waals surface area contributed by atoms with Gasteiger partial charge in [0, 0.05) is 30.8 Å². The van der Waals surface area contributed by atoms with Gasteiger partial charge in [0.1, 0.15) is 5.75 Å². The smallest absolute Gasteiger partial charge is 0.119 e. The van der Waals surface area contributed by atoms with Gasteiger partial charge in [-0.25, -0.2) is 0 Å². The van der Waals surface area contributed by atoms with E-state index in [0.29, 0.717) is 6.61 Å². The lowest BCUT2D eigenvalue weighted by Crippen LogP contribution is -2.13. The van der Waals surface area contributed by atoms with Crippen molar-refractivity contribution in [2.45, 2.75) is 25.9 Å². The van der Waals surface area contributed by atoms with Gasteiger partial charge in [0.25, 0.3) is 0 Å². The number of nitrogens with zero attached hydrogens (tertiary/aromatic N) is 2. The maximum Gasteiger partial charge on any atom is 0.119 e. The molecule has 4 heteroatoms. The molecule has 0 aliphatic heterocycles. The molecule has 0 radical (unpaired) electrons. The van der Waals surface area contributed by atoms with Crippen molar-refractivity contribution in [1.29, 1.82) is 0 Å². The predicted molar refractivity (Wildman–Crippen MR) is 71.4 cm³/mol. The van der Waals surface area contributed by atoms with E-state index >= 15 is 0 Å². The lowest BCUT2D eigenvalue weighted by atomic mass is 10.1. The molecule has 0 aliphatic carbocycles. The maximum absolute atomic E-state index is 6.09. The van der Waals surface area contributed by atoms with E-state index in [4.69, 9.17) is 10.5 Å². The number of para-hydroxylation sites is 1. The van der Waals surface area contributed by atoms with Crippen molar-refractivity contribution in [3.63, 3.8) is 0 Å². The maximum atomic E-state index is 6.09. The van der Waals surface area contributed by atoms with Crippen molar-refractivity contribution in [3.05, 3.63) is 48.3 Å². The molecule has 0 saturated carbocycles. The zero-order chi connectivity index (χ0) is 12.8. The second kappa shape index (κ2) is 6.21. The van der Waals surface area contributed by atoms with Crippen molar-refractivity contribution < 1.29 is 4.74 Å². The van der Waals surface area contributed by atoms with Gasteiger partial charge in [0.15, 0.2) is 0 Å². The lowest BCUT2D eigenvalue weighted by molar-refractivity contribution is 0.298. The van der Waals surface area contributed by atoms with Crippen LogP contribution < -0.4 is 10.5 Å². The van der Waals surface area contributed by atoms with Crippen LogP contribution in [0.1, 0.15) is 24.9 Å². The summed E-state index contributed by atoms with van der Waals surface area (Å²) in [6.45, 7) is 3.54. The van der Waals surface area contributed by atoms with Crippen LogP contribution in [0.4, 0.5) is 0 Å². The van der Waals surface area contributed by atoms with E-state index in [1.54, 1.807) is 0 Å². The predicted octanol–water partition coefficient (Wildman–Crippen LogP) is 2.37. The lowest BCUT2D eigenvalue weighted by Gasteiger charge is -2.10. The molecule has 0 bridgehead atoms. The Kier molecular flexibility index (Phi) is 4.36. The van der Waals surface area contributed by atoms with Crippen molar-refractivity contribution in [1.82, 2.24) is 9.78 Å². The van der Waals surface area contributed by atoms with E-state index in [2.05, 4.69) is 12.0 Å². The fraction of sp³-hybridized carbons (Fsp3) is 0.357. The topological polar surface area (TPSA) is 53.1 Å². The Morgan fingerprint density at radius 3 is 2.78 bits per heavy atom. The number of aryl methyl sites for hydroxylation is 1. The summed E-state index contributed by atoms with van der Waals surface area (Å²) in [6, 6.07) is 9.76. The van der Waals surface area contributed by atoms with E-state index in [9.17, 15) is 0 Å². The second-order valence-electron chi connectivity index (χ2n) is 4.19. The number of hydrogen-bond donors (Lipinski definition) is 1. The molecule has 2 aromatic rings. The molecule has 0 aliphatic rings. The first-order chi connectivity index (χ1) is 8.79. The third-order valence-electron chi connectivity index (χ3n) is 2.85.